The molecule has 0 radical (unpaired) electrons. The molecule has 2 nitrogen and oxygen atoms in total. The minimum absolute atomic E-state index is 0.00691. The lowest BCUT2D eigenvalue weighted by atomic mass is 9.95. The molecule has 0 N–H and O–H groups in total. The van der Waals surface area contributed by atoms with Gasteiger partial charge in [-0.25, -0.2) is 22.0 Å². The zero-order chi connectivity index (χ0) is 16.0. The number of fused-ring (bicyclic) bond motifs is 1. The smallest absolute Gasteiger partial charge is 0.200 e. The first kappa shape index (κ1) is 14.6. The van der Waals surface area contributed by atoms with Gasteiger partial charge in [-0.1, -0.05) is 0 Å². The summed E-state index contributed by atoms with van der Waals surface area (Å²) in [4.78, 5) is 0. The summed E-state index contributed by atoms with van der Waals surface area (Å²) in [6.07, 6.45) is 0.279. The van der Waals surface area contributed by atoms with Crippen LogP contribution in [0.3, 0.4) is 0 Å². The van der Waals surface area contributed by atoms with Crippen LogP contribution in [-0.2, 0) is 6.42 Å². The second-order valence-corrected chi connectivity index (χ2v) is 4.66. The summed E-state index contributed by atoms with van der Waals surface area (Å²) in [5.74, 6) is -9.63. The third-order valence-electron chi connectivity index (χ3n) is 3.52. The molecule has 3 rings (SSSR count). The largest absolute Gasteiger partial charge is 0.496 e. The molecule has 2 aromatic carbocycles. The third-order valence-corrected chi connectivity index (χ3v) is 3.52. The van der Waals surface area contributed by atoms with Crippen molar-refractivity contribution in [2.24, 2.45) is 0 Å². The van der Waals surface area contributed by atoms with Gasteiger partial charge in [-0.3, -0.25) is 0 Å². The minimum Gasteiger partial charge on any atom is -0.496 e. The van der Waals surface area contributed by atoms with Crippen LogP contribution in [0.2, 0.25) is 0 Å². The molecule has 0 amide bonds. The molecule has 0 aliphatic carbocycles. The van der Waals surface area contributed by atoms with Crippen LogP contribution in [-0.4, -0.2) is 13.7 Å². The molecule has 0 aromatic heterocycles. The van der Waals surface area contributed by atoms with Crippen LogP contribution in [0.4, 0.5) is 22.0 Å². The van der Waals surface area contributed by atoms with Crippen LogP contribution in [0.15, 0.2) is 12.1 Å². The zero-order valence-electron chi connectivity index (χ0n) is 11.3. The van der Waals surface area contributed by atoms with Crippen molar-refractivity contribution in [3.05, 3.63) is 46.8 Å². The van der Waals surface area contributed by atoms with Gasteiger partial charge in [0.1, 0.15) is 11.5 Å². The van der Waals surface area contributed by atoms with Crippen molar-refractivity contribution < 1.29 is 31.4 Å². The number of ether oxygens (including phenoxy) is 2. The van der Waals surface area contributed by atoms with E-state index < -0.39 is 34.6 Å². The van der Waals surface area contributed by atoms with Crippen molar-refractivity contribution in [2.75, 3.05) is 13.7 Å². The van der Waals surface area contributed by atoms with E-state index in [0.29, 0.717) is 11.3 Å². The summed E-state index contributed by atoms with van der Waals surface area (Å²) >= 11 is 0. The van der Waals surface area contributed by atoms with Gasteiger partial charge < -0.3 is 9.47 Å². The summed E-state index contributed by atoms with van der Waals surface area (Å²) in [5, 5.41) is 0. The second kappa shape index (κ2) is 5.15. The number of hydrogen-bond acceptors (Lipinski definition) is 2. The number of halogens is 5. The van der Waals surface area contributed by atoms with Gasteiger partial charge in [-0.05, 0) is 12.1 Å². The molecule has 2 aromatic rings. The van der Waals surface area contributed by atoms with Crippen molar-refractivity contribution in [3.8, 4) is 22.6 Å². The molecular formula is C15H9F5O2. The van der Waals surface area contributed by atoms with E-state index in [2.05, 4.69) is 0 Å². The van der Waals surface area contributed by atoms with Crippen LogP contribution >= 0.6 is 0 Å². The van der Waals surface area contributed by atoms with Gasteiger partial charge in [0.15, 0.2) is 23.3 Å². The third kappa shape index (κ3) is 1.92. The predicted octanol–water partition coefficient (Wildman–Crippen LogP) is 3.99. The average molecular weight is 316 g/mol. The van der Waals surface area contributed by atoms with Gasteiger partial charge >= 0.3 is 0 Å². The lowest BCUT2D eigenvalue weighted by molar-refractivity contribution is 0.356. The van der Waals surface area contributed by atoms with E-state index in [0.717, 1.165) is 0 Å². The average Bonchev–Trinajstić information content (AvgIpc) is 3.00. The Hall–Kier alpha value is -2.31. The molecule has 22 heavy (non-hydrogen) atoms. The van der Waals surface area contributed by atoms with E-state index in [-0.39, 0.29) is 24.3 Å². The monoisotopic (exact) mass is 316 g/mol. The Morgan fingerprint density at radius 3 is 2.05 bits per heavy atom. The Morgan fingerprint density at radius 2 is 1.45 bits per heavy atom. The van der Waals surface area contributed by atoms with E-state index in [4.69, 9.17) is 9.47 Å². The van der Waals surface area contributed by atoms with Crippen molar-refractivity contribution in [1.29, 1.82) is 0 Å². The standard InChI is InChI=1S/C15H9F5O2/c1-21-8-3-2-7-6(4-5-22-7)9(8)10-11(16)13(18)15(20)14(19)12(10)17/h2-3H,4-5H2,1H3. The molecule has 0 bridgehead atoms. The van der Waals surface area contributed by atoms with Gasteiger partial charge in [-0.2, -0.15) is 0 Å². The van der Waals surface area contributed by atoms with Crippen LogP contribution in [0.1, 0.15) is 5.56 Å². The molecule has 1 aliphatic rings. The first-order chi connectivity index (χ1) is 10.5. The topological polar surface area (TPSA) is 18.5 Å². The van der Waals surface area contributed by atoms with Gasteiger partial charge in [0.2, 0.25) is 5.82 Å². The maximum absolute atomic E-state index is 14.1. The Kier molecular flexibility index (Phi) is 3.42. The van der Waals surface area contributed by atoms with Crippen molar-refractivity contribution >= 4 is 0 Å². The summed E-state index contributed by atoms with van der Waals surface area (Å²) < 4.78 is 78.5. The normalized spacial score (nSPS) is 13.0. The Bertz CT molecular complexity index is 744. The van der Waals surface area contributed by atoms with Crippen LogP contribution in [0.5, 0.6) is 11.5 Å². The lowest BCUT2D eigenvalue weighted by Crippen LogP contribution is -2.06. The molecule has 0 saturated carbocycles. The van der Waals surface area contributed by atoms with Crippen molar-refractivity contribution in [3.63, 3.8) is 0 Å². The van der Waals surface area contributed by atoms with E-state index in [9.17, 15) is 22.0 Å². The maximum Gasteiger partial charge on any atom is 0.200 e. The molecule has 1 aliphatic heterocycles. The first-order valence-corrected chi connectivity index (χ1v) is 6.31. The van der Waals surface area contributed by atoms with Crippen LogP contribution in [0.25, 0.3) is 11.1 Å². The highest BCUT2D eigenvalue weighted by molar-refractivity contribution is 5.78. The van der Waals surface area contributed by atoms with Gasteiger partial charge in [0.25, 0.3) is 0 Å². The summed E-state index contributed by atoms with van der Waals surface area (Å²) in [6.45, 7) is 0.255. The molecular weight excluding hydrogens is 307 g/mol. The fraction of sp³-hybridized carbons (Fsp3) is 0.200. The molecule has 0 unspecified atom stereocenters. The second-order valence-electron chi connectivity index (χ2n) is 4.66. The summed E-state index contributed by atoms with van der Waals surface area (Å²) in [6, 6.07) is 2.88. The minimum atomic E-state index is -2.19. The Labute approximate surface area is 122 Å². The van der Waals surface area contributed by atoms with E-state index in [1.165, 1.54) is 19.2 Å². The highest BCUT2D eigenvalue weighted by atomic mass is 19.2. The highest BCUT2D eigenvalue weighted by Gasteiger charge is 2.31. The molecule has 116 valence electrons. The zero-order valence-corrected chi connectivity index (χ0v) is 11.3. The van der Waals surface area contributed by atoms with Gasteiger partial charge in [0.05, 0.1) is 19.3 Å². The lowest BCUT2D eigenvalue weighted by Gasteiger charge is -2.15. The summed E-state index contributed by atoms with van der Waals surface area (Å²) in [7, 11) is 1.24. The number of hydrogen-bond donors (Lipinski definition) is 0. The molecule has 0 fully saturated rings. The molecule has 1 heterocycles. The van der Waals surface area contributed by atoms with E-state index in [1.54, 1.807) is 0 Å². The Morgan fingerprint density at radius 1 is 0.864 bits per heavy atom. The highest BCUT2D eigenvalue weighted by Crippen LogP contribution is 2.44. The van der Waals surface area contributed by atoms with Crippen LogP contribution in [0, 0.1) is 29.1 Å². The molecule has 0 saturated heterocycles. The van der Waals surface area contributed by atoms with Crippen LogP contribution < -0.4 is 9.47 Å². The van der Waals surface area contributed by atoms with E-state index >= 15 is 0 Å². The predicted molar refractivity (Wildman–Crippen MR) is 67.4 cm³/mol. The molecule has 0 atom stereocenters. The summed E-state index contributed by atoms with van der Waals surface area (Å²) in [5.41, 5.74) is -0.830. The fourth-order valence-corrected chi connectivity index (χ4v) is 2.52. The van der Waals surface area contributed by atoms with Crippen molar-refractivity contribution in [1.82, 2.24) is 0 Å². The molecule has 0 spiro atoms. The van der Waals surface area contributed by atoms with Gasteiger partial charge in [-0.15, -0.1) is 0 Å². The van der Waals surface area contributed by atoms with Gasteiger partial charge in [0, 0.05) is 17.5 Å². The van der Waals surface area contributed by atoms with E-state index in [1.807, 2.05) is 0 Å². The first-order valence-electron chi connectivity index (χ1n) is 6.31. The maximum atomic E-state index is 14.1. The number of rotatable bonds is 2. The number of benzene rings is 2. The number of methoxy groups -OCH3 is 1. The van der Waals surface area contributed by atoms with Crippen molar-refractivity contribution in [2.45, 2.75) is 6.42 Å². The Balaban J connectivity index is 2.41. The quantitative estimate of drug-likeness (QED) is 0.474. The SMILES string of the molecule is COc1ccc2c(c1-c1c(F)c(F)c(F)c(F)c1F)CCO2. The molecule has 7 heteroatoms. The fourth-order valence-electron chi connectivity index (χ4n) is 2.52.